The summed E-state index contributed by atoms with van der Waals surface area (Å²) in [5, 5.41) is 27.7. The van der Waals surface area contributed by atoms with Crippen molar-refractivity contribution in [3.05, 3.63) is 23.3 Å². The lowest BCUT2D eigenvalue weighted by Gasteiger charge is -2.10. The molecule has 1 unspecified atom stereocenters. The van der Waals surface area contributed by atoms with Crippen LogP contribution in [-0.2, 0) is 11.2 Å². The van der Waals surface area contributed by atoms with Crippen molar-refractivity contribution in [1.82, 2.24) is 0 Å². The Morgan fingerprint density at radius 1 is 1.33 bits per heavy atom. The first-order valence-electron chi connectivity index (χ1n) is 4.66. The van der Waals surface area contributed by atoms with Gasteiger partial charge >= 0.3 is 5.97 Å². The highest BCUT2D eigenvalue weighted by Gasteiger charge is 2.15. The average Bonchev–Trinajstić information content (AvgIpc) is 2.13. The maximum atomic E-state index is 10.6. The van der Waals surface area contributed by atoms with Crippen LogP contribution < -0.4 is 0 Å². The van der Waals surface area contributed by atoms with E-state index in [0.29, 0.717) is 11.1 Å². The molecule has 0 aromatic heterocycles. The van der Waals surface area contributed by atoms with Crippen LogP contribution in [0.1, 0.15) is 18.1 Å². The molecule has 1 atom stereocenters. The molecule has 4 nitrogen and oxygen atoms in total. The van der Waals surface area contributed by atoms with E-state index in [9.17, 15) is 15.0 Å². The highest BCUT2D eigenvalue weighted by Crippen LogP contribution is 2.28. The smallest absolute Gasteiger partial charge is 0.306 e. The Hall–Kier alpha value is -1.71. The Morgan fingerprint density at radius 2 is 1.93 bits per heavy atom. The number of benzene rings is 1. The molecule has 0 radical (unpaired) electrons. The Kier molecular flexibility index (Phi) is 3.19. The summed E-state index contributed by atoms with van der Waals surface area (Å²) >= 11 is 0. The SMILES string of the molecule is Cc1cc(O)c(CC(C)C(=O)O)cc1O. The van der Waals surface area contributed by atoms with Gasteiger partial charge in [-0.25, -0.2) is 0 Å². The normalized spacial score (nSPS) is 12.4. The highest BCUT2D eigenvalue weighted by atomic mass is 16.4. The summed E-state index contributed by atoms with van der Waals surface area (Å²) < 4.78 is 0. The van der Waals surface area contributed by atoms with Gasteiger partial charge in [-0.15, -0.1) is 0 Å². The fraction of sp³-hybridized carbons (Fsp3) is 0.364. The third-order valence-corrected chi connectivity index (χ3v) is 2.34. The highest BCUT2D eigenvalue weighted by molar-refractivity contribution is 5.70. The van der Waals surface area contributed by atoms with E-state index in [1.807, 2.05) is 0 Å². The first-order valence-corrected chi connectivity index (χ1v) is 4.66. The molecule has 0 saturated carbocycles. The van der Waals surface area contributed by atoms with Gasteiger partial charge in [0, 0.05) is 0 Å². The maximum absolute atomic E-state index is 10.6. The van der Waals surface area contributed by atoms with Crippen LogP contribution in [0, 0.1) is 12.8 Å². The first-order chi connectivity index (χ1) is 6.91. The lowest BCUT2D eigenvalue weighted by molar-refractivity contribution is -0.141. The van der Waals surface area contributed by atoms with Crippen LogP contribution in [0.5, 0.6) is 11.5 Å². The van der Waals surface area contributed by atoms with E-state index in [1.54, 1.807) is 13.8 Å². The van der Waals surface area contributed by atoms with E-state index < -0.39 is 11.9 Å². The number of aliphatic carboxylic acids is 1. The number of aryl methyl sites for hydroxylation is 1. The van der Waals surface area contributed by atoms with Gasteiger partial charge in [0.2, 0.25) is 0 Å². The molecule has 0 fully saturated rings. The van der Waals surface area contributed by atoms with Crippen molar-refractivity contribution in [2.45, 2.75) is 20.3 Å². The van der Waals surface area contributed by atoms with Crippen molar-refractivity contribution in [2.75, 3.05) is 0 Å². The third-order valence-electron chi connectivity index (χ3n) is 2.34. The van der Waals surface area contributed by atoms with Gasteiger partial charge in [-0.3, -0.25) is 4.79 Å². The van der Waals surface area contributed by atoms with Gasteiger partial charge in [0.15, 0.2) is 0 Å². The van der Waals surface area contributed by atoms with Gasteiger partial charge in [0.25, 0.3) is 0 Å². The zero-order chi connectivity index (χ0) is 11.6. The zero-order valence-electron chi connectivity index (χ0n) is 8.69. The first kappa shape index (κ1) is 11.4. The summed E-state index contributed by atoms with van der Waals surface area (Å²) in [7, 11) is 0. The fourth-order valence-corrected chi connectivity index (χ4v) is 1.31. The van der Waals surface area contributed by atoms with E-state index in [-0.39, 0.29) is 17.9 Å². The van der Waals surface area contributed by atoms with Crippen LogP contribution in [0.4, 0.5) is 0 Å². The number of carboxylic acids is 1. The molecule has 0 bridgehead atoms. The number of aromatic hydroxyl groups is 2. The van der Waals surface area contributed by atoms with Crippen molar-refractivity contribution in [1.29, 1.82) is 0 Å². The Labute approximate surface area is 87.8 Å². The number of hydrogen-bond donors (Lipinski definition) is 3. The minimum absolute atomic E-state index is 0.0263. The molecule has 0 aliphatic heterocycles. The van der Waals surface area contributed by atoms with Crippen LogP contribution in [0.25, 0.3) is 0 Å². The van der Waals surface area contributed by atoms with Gasteiger partial charge in [-0.1, -0.05) is 6.92 Å². The lowest BCUT2D eigenvalue weighted by Crippen LogP contribution is -2.12. The van der Waals surface area contributed by atoms with Crippen LogP contribution in [0.15, 0.2) is 12.1 Å². The van der Waals surface area contributed by atoms with Gasteiger partial charge in [0.1, 0.15) is 11.5 Å². The minimum atomic E-state index is -0.922. The molecule has 1 aromatic carbocycles. The van der Waals surface area contributed by atoms with Crippen molar-refractivity contribution in [3.63, 3.8) is 0 Å². The van der Waals surface area contributed by atoms with E-state index in [4.69, 9.17) is 5.11 Å². The summed E-state index contributed by atoms with van der Waals surface area (Å²) in [6.45, 7) is 3.22. The molecule has 0 aliphatic carbocycles. The molecule has 0 amide bonds. The molecule has 0 saturated heterocycles. The molecule has 0 heterocycles. The number of phenols is 2. The van der Waals surface area contributed by atoms with Gasteiger partial charge in [-0.05, 0) is 36.6 Å². The topological polar surface area (TPSA) is 77.8 Å². The Morgan fingerprint density at radius 3 is 2.47 bits per heavy atom. The average molecular weight is 210 g/mol. The van der Waals surface area contributed by atoms with Gasteiger partial charge in [0.05, 0.1) is 5.92 Å². The maximum Gasteiger partial charge on any atom is 0.306 e. The molecule has 15 heavy (non-hydrogen) atoms. The van der Waals surface area contributed by atoms with Gasteiger partial charge in [-0.2, -0.15) is 0 Å². The van der Waals surface area contributed by atoms with Crippen molar-refractivity contribution < 1.29 is 20.1 Å². The molecular weight excluding hydrogens is 196 g/mol. The summed E-state index contributed by atoms with van der Waals surface area (Å²) in [5.74, 6) is -1.41. The molecule has 0 aliphatic rings. The lowest BCUT2D eigenvalue weighted by atomic mass is 9.99. The molecule has 0 spiro atoms. The molecule has 1 rings (SSSR count). The number of phenolic OH excluding ortho intramolecular Hbond substituents is 2. The second-order valence-electron chi connectivity index (χ2n) is 3.71. The summed E-state index contributed by atoms with van der Waals surface area (Å²) in [6, 6.07) is 2.84. The Balaban J connectivity index is 2.95. The molecule has 3 N–H and O–H groups in total. The van der Waals surface area contributed by atoms with Crippen LogP contribution >= 0.6 is 0 Å². The summed E-state index contributed by atoms with van der Waals surface area (Å²) in [6.07, 6.45) is 0.203. The minimum Gasteiger partial charge on any atom is -0.508 e. The standard InChI is InChI=1S/C11H14O4/c1-6-4-10(13)8(5-9(6)12)3-7(2)11(14)15/h4-5,7,12-13H,3H2,1-2H3,(H,14,15). The summed E-state index contributed by atoms with van der Waals surface area (Å²) in [4.78, 5) is 10.6. The van der Waals surface area contributed by atoms with E-state index in [1.165, 1.54) is 12.1 Å². The number of carbonyl (C=O) groups is 1. The fourth-order valence-electron chi connectivity index (χ4n) is 1.31. The van der Waals surface area contributed by atoms with E-state index >= 15 is 0 Å². The molecule has 4 heteroatoms. The second-order valence-corrected chi connectivity index (χ2v) is 3.71. The molecule has 82 valence electrons. The number of hydrogen-bond acceptors (Lipinski definition) is 3. The van der Waals surface area contributed by atoms with Crippen LogP contribution in [0.3, 0.4) is 0 Å². The van der Waals surface area contributed by atoms with Crippen molar-refractivity contribution in [2.24, 2.45) is 5.92 Å². The monoisotopic (exact) mass is 210 g/mol. The largest absolute Gasteiger partial charge is 0.508 e. The predicted octanol–water partition coefficient (Wildman–Crippen LogP) is 1.67. The predicted molar refractivity (Wildman–Crippen MR) is 55.0 cm³/mol. The zero-order valence-corrected chi connectivity index (χ0v) is 8.69. The summed E-state index contributed by atoms with van der Waals surface area (Å²) in [5.41, 5.74) is 1.02. The van der Waals surface area contributed by atoms with E-state index in [0.717, 1.165) is 0 Å². The van der Waals surface area contributed by atoms with Crippen molar-refractivity contribution >= 4 is 5.97 Å². The van der Waals surface area contributed by atoms with Crippen LogP contribution in [0.2, 0.25) is 0 Å². The van der Waals surface area contributed by atoms with Crippen LogP contribution in [-0.4, -0.2) is 21.3 Å². The van der Waals surface area contributed by atoms with E-state index in [2.05, 4.69) is 0 Å². The number of rotatable bonds is 3. The second kappa shape index (κ2) is 4.21. The molecule has 1 aromatic rings. The third kappa shape index (κ3) is 2.62. The van der Waals surface area contributed by atoms with Crippen molar-refractivity contribution in [3.8, 4) is 11.5 Å². The van der Waals surface area contributed by atoms with Gasteiger partial charge < -0.3 is 15.3 Å². The Bertz CT molecular complexity index is 384. The number of carboxylic acid groups (broad SMARTS) is 1. The molecular formula is C11H14O4. The quantitative estimate of drug-likeness (QED) is 0.663.